The van der Waals surface area contributed by atoms with Gasteiger partial charge < -0.3 is 15.1 Å². The highest BCUT2D eigenvalue weighted by atomic mass is 32.1. The lowest BCUT2D eigenvalue weighted by Crippen LogP contribution is -2.40. The summed E-state index contributed by atoms with van der Waals surface area (Å²) in [4.78, 5) is 44.6. The minimum atomic E-state index is -0.568. The van der Waals surface area contributed by atoms with Gasteiger partial charge in [0.2, 0.25) is 17.7 Å². The molecule has 2 aliphatic heterocycles. The van der Waals surface area contributed by atoms with Crippen molar-refractivity contribution < 1.29 is 14.4 Å². The molecule has 3 amide bonds. The number of hydrogen-bond donors (Lipinski definition) is 1. The van der Waals surface area contributed by atoms with Gasteiger partial charge in [-0.1, -0.05) is 6.07 Å². The second-order valence-corrected chi connectivity index (χ2v) is 9.39. The lowest BCUT2D eigenvalue weighted by atomic mass is 9.85. The zero-order chi connectivity index (χ0) is 21.6. The second-order valence-electron chi connectivity index (χ2n) is 8.53. The molecule has 30 heavy (non-hydrogen) atoms. The van der Waals surface area contributed by atoms with Crippen LogP contribution in [0.25, 0.3) is 11.3 Å². The van der Waals surface area contributed by atoms with E-state index >= 15 is 0 Å². The summed E-state index contributed by atoms with van der Waals surface area (Å²) in [5.41, 5.74) is 3.05. The lowest BCUT2D eigenvalue weighted by Gasteiger charge is -2.30. The largest absolute Gasteiger partial charge is 0.343 e. The van der Waals surface area contributed by atoms with Crippen LogP contribution in [0.1, 0.15) is 39.2 Å². The molecule has 1 saturated heterocycles. The van der Waals surface area contributed by atoms with Crippen molar-refractivity contribution in [2.75, 3.05) is 30.4 Å². The van der Waals surface area contributed by atoms with Gasteiger partial charge in [-0.15, -0.1) is 11.3 Å². The Bertz CT molecular complexity index is 1020. The predicted octanol–water partition coefficient (Wildman–Crippen LogP) is 3.26. The number of hydrogen-bond acceptors (Lipinski definition) is 5. The number of carbonyl (C=O) groups is 3. The van der Waals surface area contributed by atoms with Crippen molar-refractivity contribution in [3.05, 3.63) is 29.1 Å². The molecule has 2 aromatic rings. The average molecular weight is 427 g/mol. The van der Waals surface area contributed by atoms with E-state index in [0.29, 0.717) is 31.1 Å². The third-order valence-electron chi connectivity index (χ3n) is 6.21. The fourth-order valence-corrected chi connectivity index (χ4v) is 4.98. The topological polar surface area (TPSA) is 82.6 Å². The molecule has 1 N–H and O–H groups in total. The van der Waals surface area contributed by atoms with Crippen LogP contribution >= 0.6 is 11.3 Å². The summed E-state index contributed by atoms with van der Waals surface area (Å²) < 4.78 is 0. The predicted molar refractivity (Wildman–Crippen MR) is 118 cm³/mol. The molecular weight excluding hydrogens is 400 g/mol. The standard InChI is InChI=1S/C22H26N4O3S/c1-13(27)26-9-7-14(8-10-26)19(28)24-21-23-17(12-30-21)15-5-6-18-16(11-15)22(2,3)20(29)25(18)4/h5-6,11-12,14H,7-10H2,1-4H3,(H,23,24,28). The molecule has 3 heterocycles. The fraction of sp³-hybridized carbons (Fsp3) is 0.455. The molecule has 0 atom stereocenters. The number of likely N-dealkylation sites (tertiary alicyclic amines) is 1. The van der Waals surface area contributed by atoms with Crippen LogP contribution in [-0.2, 0) is 19.8 Å². The molecule has 0 bridgehead atoms. The van der Waals surface area contributed by atoms with Gasteiger partial charge in [-0.3, -0.25) is 14.4 Å². The van der Waals surface area contributed by atoms with Gasteiger partial charge in [0, 0.05) is 49.6 Å². The average Bonchev–Trinajstić information content (AvgIpc) is 3.26. The van der Waals surface area contributed by atoms with E-state index in [1.165, 1.54) is 11.3 Å². The van der Waals surface area contributed by atoms with Crippen LogP contribution in [-0.4, -0.2) is 47.7 Å². The van der Waals surface area contributed by atoms with Gasteiger partial charge in [0.1, 0.15) is 0 Å². The minimum Gasteiger partial charge on any atom is -0.343 e. The first kappa shape index (κ1) is 20.5. The molecular formula is C22H26N4O3S. The number of amides is 3. The Morgan fingerprint density at radius 1 is 1.23 bits per heavy atom. The van der Waals surface area contributed by atoms with Crippen LogP contribution in [0, 0.1) is 5.92 Å². The Kier molecular flexibility index (Phi) is 5.13. The third kappa shape index (κ3) is 3.49. The number of likely N-dealkylation sites (N-methyl/N-ethyl adjacent to an activating group) is 1. The highest BCUT2D eigenvalue weighted by Gasteiger charge is 2.42. The van der Waals surface area contributed by atoms with Gasteiger partial charge in [-0.05, 0) is 44.4 Å². The maximum atomic E-state index is 12.6. The van der Waals surface area contributed by atoms with Gasteiger partial charge in [-0.25, -0.2) is 4.98 Å². The Morgan fingerprint density at radius 3 is 2.60 bits per heavy atom. The van der Waals surface area contributed by atoms with E-state index in [1.54, 1.807) is 23.8 Å². The second kappa shape index (κ2) is 7.50. The summed E-state index contributed by atoms with van der Waals surface area (Å²) in [7, 11) is 1.80. The van der Waals surface area contributed by atoms with Crippen molar-refractivity contribution in [2.45, 2.75) is 39.0 Å². The number of fused-ring (bicyclic) bond motifs is 1. The molecule has 1 aromatic heterocycles. The van der Waals surface area contributed by atoms with E-state index in [4.69, 9.17) is 0 Å². The van der Waals surface area contributed by atoms with Crippen LogP contribution in [0.3, 0.4) is 0 Å². The Labute approximate surface area is 180 Å². The van der Waals surface area contributed by atoms with Crippen molar-refractivity contribution in [3.63, 3.8) is 0 Å². The van der Waals surface area contributed by atoms with E-state index in [2.05, 4.69) is 10.3 Å². The van der Waals surface area contributed by atoms with Gasteiger partial charge in [0.15, 0.2) is 5.13 Å². The smallest absolute Gasteiger partial charge is 0.236 e. The highest BCUT2D eigenvalue weighted by molar-refractivity contribution is 7.14. The number of nitrogens with zero attached hydrogens (tertiary/aromatic N) is 3. The SMILES string of the molecule is CC(=O)N1CCC(C(=O)Nc2nc(-c3ccc4c(c3)C(C)(C)C(=O)N4C)cs2)CC1. The zero-order valence-electron chi connectivity index (χ0n) is 17.7. The first-order valence-electron chi connectivity index (χ1n) is 10.1. The Balaban J connectivity index is 1.47. The first-order valence-corrected chi connectivity index (χ1v) is 11.0. The fourth-order valence-electron chi connectivity index (χ4n) is 4.26. The molecule has 158 valence electrons. The van der Waals surface area contributed by atoms with Gasteiger partial charge >= 0.3 is 0 Å². The molecule has 1 aromatic carbocycles. The maximum Gasteiger partial charge on any atom is 0.236 e. The number of anilines is 2. The highest BCUT2D eigenvalue weighted by Crippen LogP contribution is 2.42. The minimum absolute atomic E-state index is 0.0404. The third-order valence-corrected chi connectivity index (χ3v) is 6.97. The Morgan fingerprint density at radius 2 is 1.93 bits per heavy atom. The van der Waals surface area contributed by atoms with E-state index in [-0.39, 0.29) is 23.6 Å². The van der Waals surface area contributed by atoms with Crippen molar-refractivity contribution in [1.29, 1.82) is 0 Å². The van der Waals surface area contributed by atoms with Crippen LogP contribution in [0.4, 0.5) is 10.8 Å². The zero-order valence-corrected chi connectivity index (χ0v) is 18.5. The lowest BCUT2D eigenvalue weighted by molar-refractivity contribution is -0.132. The summed E-state index contributed by atoms with van der Waals surface area (Å²) in [6, 6.07) is 5.94. The molecule has 0 aliphatic carbocycles. The molecule has 0 spiro atoms. The number of thiazole rings is 1. The molecule has 2 aliphatic rings. The molecule has 0 saturated carbocycles. The Hall–Kier alpha value is -2.74. The summed E-state index contributed by atoms with van der Waals surface area (Å²) >= 11 is 1.39. The number of rotatable bonds is 3. The first-order chi connectivity index (χ1) is 14.2. The maximum absolute atomic E-state index is 12.6. The van der Waals surface area contributed by atoms with Gasteiger partial charge in [0.25, 0.3) is 0 Å². The molecule has 0 radical (unpaired) electrons. The van der Waals surface area contributed by atoms with Crippen molar-refractivity contribution in [3.8, 4) is 11.3 Å². The summed E-state index contributed by atoms with van der Waals surface area (Å²) in [5.74, 6) is -0.00255. The number of carbonyl (C=O) groups excluding carboxylic acids is 3. The van der Waals surface area contributed by atoms with Crippen molar-refractivity contribution in [2.24, 2.45) is 5.92 Å². The van der Waals surface area contributed by atoms with Crippen molar-refractivity contribution in [1.82, 2.24) is 9.88 Å². The van der Waals surface area contributed by atoms with E-state index < -0.39 is 5.41 Å². The normalized spacial score (nSPS) is 18.5. The van der Waals surface area contributed by atoms with Crippen LogP contribution in [0.15, 0.2) is 23.6 Å². The molecule has 7 nitrogen and oxygen atoms in total. The van der Waals surface area contributed by atoms with Crippen LogP contribution < -0.4 is 10.2 Å². The monoisotopic (exact) mass is 426 g/mol. The van der Waals surface area contributed by atoms with Crippen molar-refractivity contribution >= 4 is 39.9 Å². The molecule has 4 rings (SSSR count). The summed E-state index contributed by atoms with van der Waals surface area (Å²) in [6.45, 7) is 6.67. The quantitative estimate of drug-likeness (QED) is 0.817. The van der Waals surface area contributed by atoms with E-state index in [0.717, 1.165) is 22.5 Å². The number of benzene rings is 1. The summed E-state index contributed by atoms with van der Waals surface area (Å²) in [5, 5.41) is 5.42. The van der Waals surface area contributed by atoms with Gasteiger partial charge in [-0.2, -0.15) is 0 Å². The molecule has 1 fully saturated rings. The molecule has 8 heteroatoms. The van der Waals surface area contributed by atoms with E-state index in [9.17, 15) is 14.4 Å². The van der Waals surface area contributed by atoms with Crippen LogP contribution in [0.2, 0.25) is 0 Å². The number of nitrogens with one attached hydrogen (secondary N) is 1. The van der Waals surface area contributed by atoms with Gasteiger partial charge in [0.05, 0.1) is 11.1 Å². The number of aromatic nitrogens is 1. The number of piperidine rings is 1. The van der Waals surface area contributed by atoms with Crippen LogP contribution in [0.5, 0.6) is 0 Å². The van der Waals surface area contributed by atoms with E-state index in [1.807, 2.05) is 37.4 Å². The molecule has 0 unspecified atom stereocenters. The summed E-state index contributed by atoms with van der Waals surface area (Å²) in [6.07, 6.45) is 1.34.